The highest BCUT2D eigenvalue weighted by molar-refractivity contribution is 5.73. The smallest absolute Gasteiger partial charge is 0.217 e. The molecular weight excluding hydrogens is 1100 g/mol. The third-order valence-electron chi connectivity index (χ3n) is 14.2. The largest absolute Gasteiger partial charge is 0.394 e. The molecule has 0 bridgehead atoms. The molecule has 6 heterocycles. The fourth-order valence-electron chi connectivity index (χ4n) is 9.81. The maximum atomic E-state index is 12.6. The Bertz CT molecular complexity index is 1920. The number of ether oxygens (including phenoxy) is 12. The van der Waals surface area contributed by atoms with Gasteiger partial charge < -0.3 is 165 Å². The Morgan fingerprint density at radius 2 is 0.787 bits per heavy atom. The highest BCUT2D eigenvalue weighted by atomic mass is 16.8. The third-order valence-corrected chi connectivity index (χ3v) is 14.2. The van der Waals surface area contributed by atoms with E-state index < -0.39 is 255 Å². The Labute approximate surface area is 453 Å². The molecule has 6 fully saturated rings. The number of carbonyl (C=O) groups is 3. The van der Waals surface area contributed by atoms with Gasteiger partial charge in [-0.1, -0.05) is 0 Å². The first-order valence-electron chi connectivity index (χ1n) is 25.3. The van der Waals surface area contributed by atoms with Crippen LogP contribution < -0.4 is 16.0 Å². The number of hydrogen-bond acceptors (Lipinski definition) is 33. The zero-order valence-electron chi connectivity index (χ0n) is 42.8. The lowest BCUT2D eigenvalue weighted by Crippen LogP contribution is -2.70. The molecule has 0 unspecified atom stereocenters. The van der Waals surface area contributed by atoms with Crippen LogP contribution in [0.25, 0.3) is 0 Å². The van der Waals surface area contributed by atoms with Crippen LogP contribution in [0.4, 0.5) is 0 Å². The van der Waals surface area contributed by atoms with Crippen molar-refractivity contribution in [1.29, 1.82) is 0 Å². The van der Waals surface area contributed by atoms with Crippen LogP contribution in [0.3, 0.4) is 0 Å². The van der Waals surface area contributed by atoms with Crippen LogP contribution in [0.15, 0.2) is 0 Å². The molecule has 0 saturated carbocycles. The summed E-state index contributed by atoms with van der Waals surface area (Å²) in [4.78, 5) is 35.8. The molecule has 0 aromatic rings. The highest BCUT2D eigenvalue weighted by Gasteiger charge is 2.57. The summed E-state index contributed by atoms with van der Waals surface area (Å²) >= 11 is 0. The van der Waals surface area contributed by atoms with Gasteiger partial charge in [-0.2, -0.15) is 0 Å². The van der Waals surface area contributed by atoms with Crippen LogP contribution in [0, 0.1) is 0 Å². The molecule has 0 aromatic carbocycles. The van der Waals surface area contributed by atoms with E-state index >= 15 is 0 Å². The average Bonchev–Trinajstić information content (AvgIpc) is 3.46. The van der Waals surface area contributed by atoms with Gasteiger partial charge >= 0.3 is 0 Å². The second kappa shape index (κ2) is 29.8. The fourth-order valence-corrected chi connectivity index (χ4v) is 9.81. The van der Waals surface area contributed by atoms with Gasteiger partial charge in [0.2, 0.25) is 18.2 Å². The Balaban J connectivity index is 1.14. The number of hydrogen-bond donors (Lipinski definition) is 21. The average molecular weight is 1170 g/mol. The molecule has 6 saturated heterocycles. The summed E-state index contributed by atoms with van der Waals surface area (Å²) in [5.74, 6) is -1.64. The van der Waals surface area contributed by atoms with E-state index in [1.165, 1.54) is 0 Å². The van der Waals surface area contributed by atoms with Crippen molar-refractivity contribution >= 4 is 18.2 Å². The Hall–Kier alpha value is -2.79. The minimum Gasteiger partial charge on any atom is -0.394 e. The van der Waals surface area contributed by atoms with E-state index in [9.17, 15) is 106 Å². The molecule has 0 aromatic heterocycles. The van der Waals surface area contributed by atoms with Crippen LogP contribution >= 0.6 is 0 Å². The summed E-state index contributed by atoms with van der Waals surface area (Å²) in [6.45, 7) is -4.60. The van der Waals surface area contributed by atoms with E-state index in [1.807, 2.05) is 0 Å². The topological polar surface area (TPSA) is 562 Å². The first kappa shape index (κ1) is 66.4. The maximum absolute atomic E-state index is 12.6. The summed E-state index contributed by atoms with van der Waals surface area (Å²) in [6.07, 6.45) is -52.2. The van der Waals surface area contributed by atoms with Gasteiger partial charge in [0.15, 0.2) is 37.7 Å². The Morgan fingerprint density at radius 3 is 1.25 bits per heavy atom. The van der Waals surface area contributed by atoms with Crippen molar-refractivity contribution in [3.05, 3.63) is 0 Å². The summed E-state index contributed by atoms with van der Waals surface area (Å²) in [5, 5.41) is 200. The summed E-state index contributed by atoms with van der Waals surface area (Å²) < 4.78 is 68.5. The fraction of sp³-hybridized carbons (Fsp3) is 0.932. The molecule has 36 heteroatoms. The zero-order valence-corrected chi connectivity index (χ0v) is 42.8. The molecule has 80 heavy (non-hydrogen) atoms. The minimum atomic E-state index is -2.17. The number of amides is 3. The summed E-state index contributed by atoms with van der Waals surface area (Å²) in [7, 11) is 0. The predicted octanol–water partition coefficient (Wildman–Crippen LogP) is -14.7. The monoisotopic (exact) mass is 1170 g/mol. The zero-order chi connectivity index (χ0) is 59.0. The van der Waals surface area contributed by atoms with Crippen LogP contribution in [0.2, 0.25) is 0 Å². The molecule has 0 radical (unpaired) electrons. The first-order valence-corrected chi connectivity index (χ1v) is 25.3. The molecule has 6 aliphatic rings. The van der Waals surface area contributed by atoms with Crippen LogP contribution in [-0.2, 0) is 71.2 Å². The lowest BCUT2D eigenvalue weighted by Gasteiger charge is -2.50. The lowest BCUT2D eigenvalue weighted by molar-refractivity contribution is -0.382. The van der Waals surface area contributed by atoms with Crippen molar-refractivity contribution in [2.75, 3.05) is 52.9 Å². The van der Waals surface area contributed by atoms with E-state index in [1.54, 1.807) is 0 Å². The van der Waals surface area contributed by atoms with Gasteiger partial charge in [0.25, 0.3) is 0 Å². The number of aliphatic hydroxyl groups is 18. The van der Waals surface area contributed by atoms with Crippen molar-refractivity contribution in [3.63, 3.8) is 0 Å². The van der Waals surface area contributed by atoms with Crippen molar-refractivity contribution in [2.24, 2.45) is 0 Å². The van der Waals surface area contributed by atoms with Gasteiger partial charge in [-0.3, -0.25) is 14.4 Å². The van der Waals surface area contributed by atoms with Crippen molar-refractivity contribution in [1.82, 2.24) is 16.0 Å². The first-order chi connectivity index (χ1) is 38.0. The predicted molar refractivity (Wildman–Crippen MR) is 246 cm³/mol. The van der Waals surface area contributed by atoms with Gasteiger partial charge in [-0.05, 0) is 0 Å². The van der Waals surface area contributed by atoms with Crippen molar-refractivity contribution in [3.8, 4) is 0 Å². The molecule has 0 spiro atoms. The van der Waals surface area contributed by atoms with Crippen LogP contribution in [0.5, 0.6) is 0 Å². The molecular formula is C44H75N3O33. The quantitative estimate of drug-likeness (QED) is 0.0399. The van der Waals surface area contributed by atoms with Crippen LogP contribution in [0.1, 0.15) is 13.8 Å². The second-order valence-electron chi connectivity index (χ2n) is 19.7. The van der Waals surface area contributed by atoms with E-state index in [0.717, 1.165) is 13.8 Å². The maximum Gasteiger partial charge on any atom is 0.217 e. The number of nitrogens with one attached hydrogen (secondary N) is 3. The van der Waals surface area contributed by atoms with E-state index in [2.05, 4.69) is 16.0 Å². The lowest BCUT2D eigenvalue weighted by atomic mass is 9.94. The summed E-state index contributed by atoms with van der Waals surface area (Å²) in [5.41, 5.74) is 0. The molecule has 0 aliphatic carbocycles. The number of carbonyl (C=O) groups excluding carboxylic acids is 3. The third kappa shape index (κ3) is 15.0. The van der Waals surface area contributed by atoms with E-state index in [-0.39, 0.29) is 6.41 Å². The number of rotatable bonds is 24. The molecule has 36 nitrogen and oxygen atoms in total. The van der Waals surface area contributed by atoms with Crippen molar-refractivity contribution in [2.45, 2.75) is 204 Å². The molecule has 6 aliphatic heterocycles. The van der Waals surface area contributed by atoms with Gasteiger partial charge in [-0.25, -0.2) is 0 Å². The molecule has 3 amide bonds. The van der Waals surface area contributed by atoms with Crippen molar-refractivity contribution < 1.29 is 163 Å². The Kier molecular flexibility index (Phi) is 24.7. The normalized spacial score (nSPS) is 46.8. The SMILES string of the molecule is CC(=O)N[C@H]1[C@H](OC[C@H]2O[C@@H](O[C@H]3[C@H](O)[C@@H](NC(C)=O)[C@H](O[C@H]4[C@@H](O)[C@@H](CO)O[C@@H](O[C@H]5[C@H](O)[C@@H](O)[C@H](OC[C@@H](CO)NC=O)O[C@@H]5CO)[C@@H]4O)O[C@@H]3CO)[C@H](O)[C@@H](O)[C@H]2O)O[C@H](CO)[C@@H](O[C@@H]2O[C@H](CO)[C@H](O)[C@H](O)[C@H]2O)[C@@H]1O. The molecule has 464 valence electrons. The van der Waals surface area contributed by atoms with Gasteiger partial charge in [0.1, 0.15) is 146 Å². The number of aliphatic hydroxyl groups excluding tert-OH is 18. The van der Waals surface area contributed by atoms with Crippen LogP contribution in [-0.4, -0.2) is 353 Å². The highest BCUT2D eigenvalue weighted by Crippen LogP contribution is 2.36. The molecule has 31 atom stereocenters. The van der Waals surface area contributed by atoms with Gasteiger partial charge in [-0.15, -0.1) is 0 Å². The van der Waals surface area contributed by atoms with Gasteiger partial charge in [0, 0.05) is 13.8 Å². The standard InChI is InChI=1S/C44H75N3O33/c1-12(55)46-21-26(60)35(77-42-31(65)28(62)23(57)15(4-49)71-42)17(6-51)73-39(21)70-10-20-24(58)29(63)32(66)43(76-20)78-36-18(7-52)74-40(22(27(36)61)47-13(2)56)80-38-25(59)16(5-50)72-44(34(38)68)79-37-19(8-53)75-41(33(67)30(37)64)69-9-14(3-48)45-11-54/h11,14-44,48-53,57-68H,3-10H2,1-2H3,(H,45,54)(H,46,55)(H,47,56)/t14-,15-,16-,17-,18-,19-,20-,21-,22-,23+,24+,25+,26-,27-,28+,29+,30-,31-,32-,33-,34-,35-,36-,37-,38+,39-,40+,41-,42+,43+,44+/m1/s1. The molecule has 6 rings (SSSR count). The van der Waals surface area contributed by atoms with E-state index in [0.29, 0.717) is 0 Å². The minimum absolute atomic E-state index is 0.276. The summed E-state index contributed by atoms with van der Waals surface area (Å²) in [6, 6.07) is -4.37. The Morgan fingerprint density at radius 1 is 0.412 bits per heavy atom. The van der Waals surface area contributed by atoms with Gasteiger partial charge in [0.05, 0.1) is 58.9 Å². The second-order valence-corrected chi connectivity index (χ2v) is 19.7. The molecule has 21 N–H and O–H groups in total. The van der Waals surface area contributed by atoms with E-state index in [4.69, 9.17) is 56.8 Å².